The van der Waals surface area contributed by atoms with Crippen LogP contribution in [0.25, 0.3) is 6.08 Å². The molecular weight excluding hydrogens is 252 g/mol. The molecule has 0 saturated heterocycles. The molecular formula is C17H22O3. The molecule has 2 rings (SSSR count). The van der Waals surface area contributed by atoms with Crippen molar-refractivity contribution in [1.82, 2.24) is 0 Å². The predicted molar refractivity (Wildman–Crippen MR) is 79.8 cm³/mol. The Morgan fingerprint density at radius 3 is 2.45 bits per heavy atom. The van der Waals surface area contributed by atoms with Gasteiger partial charge in [-0.3, -0.25) is 0 Å². The average molecular weight is 274 g/mol. The Morgan fingerprint density at radius 2 is 1.90 bits per heavy atom. The van der Waals surface area contributed by atoms with Gasteiger partial charge in [-0.1, -0.05) is 25.5 Å². The fourth-order valence-corrected chi connectivity index (χ4v) is 2.68. The van der Waals surface area contributed by atoms with Crippen LogP contribution in [0, 0.1) is 5.92 Å². The number of aliphatic carboxylic acids is 1. The first kappa shape index (κ1) is 14.6. The minimum Gasteiger partial charge on any atom is -0.490 e. The molecule has 1 aliphatic rings. The van der Waals surface area contributed by atoms with Crippen LogP contribution in [0.5, 0.6) is 5.75 Å². The van der Waals surface area contributed by atoms with Crippen LogP contribution in [-0.4, -0.2) is 17.2 Å². The van der Waals surface area contributed by atoms with E-state index < -0.39 is 5.97 Å². The van der Waals surface area contributed by atoms with E-state index in [1.54, 1.807) is 6.08 Å². The summed E-state index contributed by atoms with van der Waals surface area (Å²) in [5, 5.41) is 8.58. The molecule has 1 N–H and O–H groups in total. The zero-order chi connectivity index (χ0) is 14.4. The van der Waals surface area contributed by atoms with Crippen LogP contribution in [0.2, 0.25) is 0 Å². The first-order chi connectivity index (χ1) is 9.67. The summed E-state index contributed by atoms with van der Waals surface area (Å²) in [5.41, 5.74) is 0.870. The molecule has 1 aromatic rings. The monoisotopic (exact) mass is 274 g/mol. The second kappa shape index (κ2) is 7.13. The number of carboxylic acid groups (broad SMARTS) is 1. The van der Waals surface area contributed by atoms with Crippen LogP contribution >= 0.6 is 0 Å². The lowest BCUT2D eigenvalue weighted by Gasteiger charge is -2.28. The Morgan fingerprint density at radius 1 is 1.25 bits per heavy atom. The highest BCUT2D eigenvalue weighted by molar-refractivity contribution is 5.85. The molecule has 0 bridgehead atoms. The van der Waals surface area contributed by atoms with Gasteiger partial charge in [0, 0.05) is 6.08 Å². The van der Waals surface area contributed by atoms with Gasteiger partial charge < -0.3 is 9.84 Å². The number of benzene rings is 1. The summed E-state index contributed by atoms with van der Waals surface area (Å²) in [6.45, 7) is 2.26. The maximum absolute atomic E-state index is 10.4. The van der Waals surface area contributed by atoms with Gasteiger partial charge in [0.25, 0.3) is 0 Å². The molecule has 0 unspecified atom stereocenters. The Balaban J connectivity index is 1.86. The highest BCUT2D eigenvalue weighted by atomic mass is 16.5. The minimum absolute atomic E-state index is 0.332. The van der Waals surface area contributed by atoms with Gasteiger partial charge in [0.05, 0.1) is 6.10 Å². The van der Waals surface area contributed by atoms with Crippen molar-refractivity contribution < 1.29 is 14.6 Å². The van der Waals surface area contributed by atoms with Crippen molar-refractivity contribution in [2.75, 3.05) is 0 Å². The number of carbonyl (C=O) groups is 1. The molecule has 0 atom stereocenters. The molecule has 0 amide bonds. The van der Waals surface area contributed by atoms with E-state index in [9.17, 15) is 4.79 Å². The Hall–Kier alpha value is -1.77. The predicted octanol–water partition coefficient (Wildman–Crippen LogP) is 4.13. The van der Waals surface area contributed by atoms with Crippen LogP contribution in [0.4, 0.5) is 0 Å². The van der Waals surface area contributed by atoms with Crippen molar-refractivity contribution in [1.29, 1.82) is 0 Å². The largest absolute Gasteiger partial charge is 0.490 e. The van der Waals surface area contributed by atoms with Gasteiger partial charge in [-0.25, -0.2) is 4.79 Å². The third-order valence-corrected chi connectivity index (χ3v) is 3.97. The zero-order valence-corrected chi connectivity index (χ0v) is 11.9. The van der Waals surface area contributed by atoms with Crippen LogP contribution in [-0.2, 0) is 4.79 Å². The lowest BCUT2D eigenvalue weighted by Crippen LogP contribution is -2.23. The molecule has 0 aromatic heterocycles. The number of ether oxygens (including phenoxy) is 1. The second-order valence-electron chi connectivity index (χ2n) is 5.41. The second-order valence-corrected chi connectivity index (χ2v) is 5.41. The molecule has 3 heteroatoms. The molecule has 0 aliphatic heterocycles. The maximum atomic E-state index is 10.4. The van der Waals surface area contributed by atoms with E-state index in [-0.39, 0.29) is 0 Å². The van der Waals surface area contributed by atoms with E-state index in [1.807, 2.05) is 24.3 Å². The third-order valence-electron chi connectivity index (χ3n) is 3.97. The van der Waals surface area contributed by atoms with Crippen molar-refractivity contribution >= 4 is 12.0 Å². The fraction of sp³-hybridized carbons (Fsp3) is 0.471. The van der Waals surface area contributed by atoms with Crippen molar-refractivity contribution in [2.45, 2.75) is 45.1 Å². The van der Waals surface area contributed by atoms with Gasteiger partial charge in [0.1, 0.15) is 5.75 Å². The van der Waals surface area contributed by atoms with Crippen molar-refractivity contribution in [3.63, 3.8) is 0 Å². The highest BCUT2D eigenvalue weighted by Crippen LogP contribution is 2.29. The van der Waals surface area contributed by atoms with E-state index >= 15 is 0 Å². The summed E-state index contributed by atoms with van der Waals surface area (Å²) in [5.74, 6) is 0.814. The van der Waals surface area contributed by atoms with Crippen LogP contribution < -0.4 is 4.74 Å². The first-order valence-corrected chi connectivity index (χ1v) is 7.35. The normalized spacial score (nSPS) is 22.9. The van der Waals surface area contributed by atoms with Gasteiger partial charge in [0.15, 0.2) is 0 Å². The number of carboxylic acids is 1. The number of hydrogen-bond acceptors (Lipinski definition) is 2. The summed E-state index contributed by atoms with van der Waals surface area (Å²) in [6.07, 6.45) is 9.13. The van der Waals surface area contributed by atoms with Crippen LogP contribution in [0.15, 0.2) is 30.3 Å². The molecule has 1 fully saturated rings. The number of rotatable bonds is 5. The molecule has 1 aromatic carbocycles. The van der Waals surface area contributed by atoms with E-state index in [0.717, 1.165) is 36.1 Å². The molecule has 0 heterocycles. The van der Waals surface area contributed by atoms with Gasteiger partial charge in [-0.2, -0.15) is 0 Å². The SMILES string of the molecule is CCC1CCC(Oc2ccc(C=CC(=O)O)cc2)CC1. The minimum atomic E-state index is -0.932. The fourth-order valence-electron chi connectivity index (χ4n) is 2.68. The van der Waals surface area contributed by atoms with E-state index in [0.29, 0.717) is 6.10 Å². The van der Waals surface area contributed by atoms with Crippen molar-refractivity contribution in [3.05, 3.63) is 35.9 Å². The van der Waals surface area contributed by atoms with E-state index in [1.165, 1.54) is 19.3 Å². The number of hydrogen-bond donors (Lipinski definition) is 1. The third kappa shape index (κ3) is 4.41. The lowest BCUT2D eigenvalue weighted by molar-refractivity contribution is -0.131. The van der Waals surface area contributed by atoms with Gasteiger partial charge in [-0.05, 0) is 55.4 Å². The van der Waals surface area contributed by atoms with Gasteiger partial charge >= 0.3 is 5.97 Å². The summed E-state index contributed by atoms with van der Waals surface area (Å²) in [6, 6.07) is 7.58. The Bertz CT molecular complexity index is 454. The molecule has 3 nitrogen and oxygen atoms in total. The van der Waals surface area contributed by atoms with Crippen molar-refractivity contribution in [2.24, 2.45) is 5.92 Å². The molecule has 1 aliphatic carbocycles. The summed E-state index contributed by atoms with van der Waals surface area (Å²) in [7, 11) is 0. The van der Waals surface area contributed by atoms with Gasteiger partial charge in [-0.15, -0.1) is 0 Å². The molecule has 108 valence electrons. The summed E-state index contributed by atoms with van der Waals surface area (Å²) in [4.78, 5) is 10.4. The summed E-state index contributed by atoms with van der Waals surface area (Å²) >= 11 is 0. The average Bonchev–Trinajstić information content (AvgIpc) is 2.47. The molecule has 20 heavy (non-hydrogen) atoms. The quantitative estimate of drug-likeness (QED) is 0.821. The van der Waals surface area contributed by atoms with E-state index in [4.69, 9.17) is 9.84 Å². The van der Waals surface area contributed by atoms with Crippen LogP contribution in [0.1, 0.15) is 44.6 Å². The standard InChI is InChI=1S/C17H22O3/c1-2-13-3-8-15(9-4-13)20-16-10-5-14(6-11-16)7-12-17(18)19/h5-7,10-13,15H,2-4,8-9H2,1H3,(H,18,19). The molecule has 0 spiro atoms. The van der Waals surface area contributed by atoms with Gasteiger partial charge in [0.2, 0.25) is 0 Å². The lowest BCUT2D eigenvalue weighted by atomic mass is 9.86. The highest BCUT2D eigenvalue weighted by Gasteiger charge is 2.20. The van der Waals surface area contributed by atoms with Crippen LogP contribution in [0.3, 0.4) is 0 Å². The Labute approximate surface area is 120 Å². The first-order valence-electron chi connectivity index (χ1n) is 7.35. The summed E-state index contributed by atoms with van der Waals surface area (Å²) < 4.78 is 5.99. The topological polar surface area (TPSA) is 46.5 Å². The Kier molecular flexibility index (Phi) is 5.22. The van der Waals surface area contributed by atoms with E-state index in [2.05, 4.69) is 6.92 Å². The van der Waals surface area contributed by atoms with Crippen molar-refractivity contribution in [3.8, 4) is 5.75 Å². The smallest absolute Gasteiger partial charge is 0.328 e. The maximum Gasteiger partial charge on any atom is 0.328 e. The molecule has 1 saturated carbocycles. The molecule has 0 radical (unpaired) electrons. The zero-order valence-electron chi connectivity index (χ0n) is 11.9.